The van der Waals surface area contributed by atoms with E-state index >= 15 is 0 Å². The molecule has 0 spiro atoms. The lowest BCUT2D eigenvalue weighted by Crippen LogP contribution is -2.40. The highest BCUT2D eigenvalue weighted by Crippen LogP contribution is 2.29. The quantitative estimate of drug-likeness (QED) is 0.912. The Hall–Kier alpha value is -0.880. The summed E-state index contributed by atoms with van der Waals surface area (Å²) in [5.41, 5.74) is 5.59. The molecule has 18 heavy (non-hydrogen) atoms. The Labute approximate surface area is 120 Å². The summed E-state index contributed by atoms with van der Waals surface area (Å²) in [5.74, 6) is -0.128. The predicted octanol–water partition coefficient (Wildman–Crippen LogP) is 2.78. The van der Waals surface area contributed by atoms with Crippen molar-refractivity contribution in [1.82, 2.24) is 5.32 Å². The van der Waals surface area contributed by atoms with Gasteiger partial charge >= 0.3 is 0 Å². The van der Waals surface area contributed by atoms with Crippen LogP contribution >= 0.6 is 35.1 Å². The molecule has 2 heterocycles. The van der Waals surface area contributed by atoms with Crippen molar-refractivity contribution in [3.8, 4) is 0 Å². The zero-order valence-electron chi connectivity index (χ0n) is 9.83. The molecule has 0 aliphatic rings. The van der Waals surface area contributed by atoms with Crippen LogP contribution in [-0.2, 0) is 4.79 Å². The number of thiophene rings is 2. The molecule has 0 aromatic carbocycles. The maximum absolute atomic E-state index is 11.7. The Kier molecular flexibility index (Phi) is 5.81. The summed E-state index contributed by atoms with van der Waals surface area (Å²) < 4.78 is 0. The van der Waals surface area contributed by atoms with Crippen molar-refractivity contribution in [1.29, 1.82) is 0 Å². The SMILES string of the molecule is C[C@@H](N)C(=O)NC(c1cccs1)c1cccs1.Cl. The Morgan fingerprint density at radius 3 is 2.06 bits per heavy atom. The molecular weight excluding hydrogens is 288 g/mol. The maximum atomic E-state index is 11.7. The van der Waals surface area contributed by atoms with E-state index in [-0.39, 0.29) is 24.4 Å². The molecule has 3 N–H and O–H groups in total. The van der Waals surface area contributed by atoms with Crippen molar-refractivity contribution in [2.24, 2.45) is 5.73 Å². The molecule has 0 aliphatic carbocycles. The largest absolute Gasteiger partial charge is 0.342 e. The molecule has 98 valence electrons. The number of hydrogen-bond acceptors (Lipinski definition) is 4. The van der Waals surface area contributed by atoms with Crippen molar-refractivity contribution >= 4 is 41.0 Å². The average Bonchev–Trinajstić information content (AvgIpc) is 2.98. The summed E-state index contributed by atoms with van der Waals surface area (Å²) in [5, 5.41) is 6.99. The Morgan fingerprint density at radius 1 is 1.22 bits per heavy atom. The van der Waals surface area contributed by atoms with Gasteiger partial charge in [0, 0.05) is 9.75 Å². The zero-order valence-corrected chi connectivity index (χ0v) is 12.3. The van der Waals surface area contributed by atoms with Gasteiger partial charge in [-0.3, -0.25) is 4.79 Å². The van der Waals surface area contributed by atoms with Crippen LogP contribution in [0.15, 0.2) is 35.0 Å². The van der Waals surface area contributed by atoms with Crippen LogP contribution in [0.3, 0.4) is 0 Å². The summed E-state index contributed by atoms with van der Waals surface area (Å²) in [7, 11) is 0. The first-order valence-corrected chi connectivity index (χ1v) is 7.07. The standard InChI is InChI=1S/C12H14N2OS2.ClH/c1-8(13)12(15)14-11(9-4-2-6-16-9)10-5-3-7-17-10;/h2-8,11H,13H2,1H3,(H,14,15);1H/t8-;/m1./s1. The van der Waals surface area contributed by atoms with E-state index in [9.17, 15) is 4.79 Å². The second-order valence-corrected chi connectivity index (χ2v) is 5.72. The average molecular weight is 303 g/mol. The van der Waals surface area contributed by atoms with Gasteiger partial charge in [0.1, 0.15) is 0 Å². The van der Waals surface area contributed by atoms with Crippen LogP contribution < -0.4 is 11.1 Å². The van der Waals surface area contributed by atoms with E-state index in [1.54, 1.807) is 29.6 Å². The topological polar surface area (TPSA) is 55.1 Å². The third-order valence-corrected chi connectivity index (χ3v) is 4.23. The highest BCUT2D eigenvalue weighted by atomic mass is 35.5. The summed E-state index contributed by atoms with van der Waals surface area (Å²) in [4.78, 5) is 14.0. The van der Waals surface area contributed by atoms with Crippen molar-refractivity contribution < 1.29 is 4.79 Å². The molecule has 1 atom stereocenters. The first-order valence-electron chi connectivity index (χ1n) is 5.31. The number of carbonyl (C=O) groups is 1. The van der Waals surface area contributed by atoms with Crippen LogP contribution in [0, 0.1) is 0 Å². The summed E-state index contributed by atoms with van der Waals surface area (Å²) in [6.07, 6.45) is 0. The van der Waals surface area contributed by atoms with Crippen LogP contribution in [0.1, 0.15) is 22.7 Å². The van der Waals surface area contributed by atoms with Gasteiger partial charge in [-0.1, -0.05) is 12.1 Å². The lowest BCUT2D eigenvalue weighted by molar-refractivity contribution is -0.122. The van der Waals surface area contributed by atoms with E-state index in [0.717, 1.165) is 9.75 Å². The highest BCUT2D eigenvalue weighted by Gasteiger charge is 2.20. The van der Waals surface area contributed by atoms with Gasteiger partial charge in [-0.05, 0) is 29.8 Å². The first kappa shape index (κ1) is 15.2. The smallest absolute Gasteiger partial charge is 0.237 e. The third-order valence-electron chi connectivity index (χ3n) is 2.36. The van der Waals surface area contributed by atoms with Gasteiger partial charge in [0.15, 0.2) is 0 Å². The molecule has 0 saturated heterocycles. The second-order valence-electron chi connectivity index (χ2n) is 3.76. The van der Waals surface area contributed by atoms with E-state index in [1.807, 2.05) is 35.0 Å². The molecule has 0 saturated carbocycles. The Balaban J connectivity index is 0.00000162. The van der Waals surface area contributed by atoms with Crippen LogP contribution in [0.4, 0.5) is 0 Å². The maximum Gasteiger partial charge on any atom is 0.237 e. The van der Waals surface area contributed by atoms with Crippen molar-refractivity contribution in [2.75, 3.05) is 0 Å². The molecule has 0 radical (unpaired) electrons. The molecule has 0 bridgehead atoms. The normalized spacial score (nSPS) is 11.9. The molecule has 2 rings (SSSR count). The molecule has 0 aliphatic heterocycles. The Bertz CT molecular complexity index is 434. The van der Waals surface area contributed by atoms with Crippen LogP contribution in [0.2, 0.25) is 0 Å². The van der Waals surface area contributed by atoms with E-state index in [4.69, 9.17) is 5.73 Å². The number of carbonyl (C=O) groups excluding carboxylic acids is 1. The molecule has 2 aromatic heterocycles. The van der Waals surface area contributed by atoms with E-state index in [2.05, 4.69) is 5.32 Å². The predicted molar refractivity (Wildman–Crippen MR) is 79.5 cm³/mol. The van der Waals surface area contributed by atoms with E-state index < -0.39 is 6.04 Å². The zero-order chi connectivity index (χ0) is 12.3. The van der Waals surface area contributed by atoms with Gasteiger partial charge < -0.3 is 11.1 Å². The number of amides is 1. The minimum Gasteiger partial charge on any atom is -0.342 e. The number of rotatable bonds is 4. The van der Waals surface area contributed by atoms with Crippen LogP contribution in [-0.4, -0.2) is 11.9 Å². The van der Waals surface area contributed by atoms with Gasteiger partial charge in [0.25, 0.3) is 0 Å². The van der Waals surface area contributed by atoms with Gasteiger partial charge in [-0.15, -0.1) is 35.1 Å². The number of halogens is 1. The molecule has 0 fully saturated rings. The highest BCUT2D eigenvalue weighted by molar-refractivity contribution is 7.11. The van der Waals surface area contributed by atoms with Gasteiger partial charge in [-0.2, -0.15) is 0 Å². The molecule has 3 nitrogen and oxygen atoms in total. The van der Waals surface area contributed by atoms with Gasteiger partial charge in [-0.25, -0.2) is 0 Å². The first-order chi connectivity index (χ1) is 8.18. The number of nitrogens with one attached hydrogen (secondary N) is 1. The fourth-order valence-corrected chi connectivity index (χ4v) is 3.13. The van der Waals surface area contributed by atoms with E-state index in [1.165, 1.54) is 0 Å². The van der Waals surface area contributed by atoms with Gasteiger partial charge in [0.05, 0.1) is 12.1 Å². The summed E-state index contributed by atoms with van der Waals surface area (Å²) in [6.45, 7) is 1.69. The minimum absolute atomic E-state index is 0. The summed E-state index contributed by atoms with van der Waals surface area (Å²) in [6, 6.07) is 7.45. The van der Waals surface area contributed by atoms with Crippen molar-refractivity contribution in [2.45, 2.75) is 19.0 Å². The molecule has 2 aromatic rings. The van der Waals surface area contributed by atoms with Crippen LogP contribution in [0.5, 0.6) is 0 Å². The molecule has 6 heteroatoms. The van der Waals surface area contributed by atoms with Crippen molar-refractivity contribution in [3.05, 3.63) is 44.8 Å². The third kappa shape index (κ3) is 3.55. The van der Waals surface area contributed by atoms with Gasteiger partial charge in [0.2, 0.25) is 5.91 Å². The van der Waals surface area contributed by atoms with Crippen molar-refractivity contribution in [3.63, 3.8) is 0 Å². The second kappa shape index (κ2) is 6.89. The minimum atomic E-state index is -0.488. The molecule has 1 amide bonds. The molecular formula is C12H15ClN2OS2. The number of hydrogen-bond donors (Lipinski definition) is 2. The lowest BCUT2D eigenvalue weighted by Gasteiger charge is -2.17. The lowest BCUT2D eigenvalue weighted by atomic mass is 10.2. The summed E-state index contributed by atoms with van der Waals surface area (Å²) >= 11 is 3.27. The molecule has 0 unspecified atom stereocenters. The Morgan fingerprint density at radius 2 is 1.72 bits per heavy atom. The fourth-order valence-electron chi connectivity index (χ4n) is 1.47. The fraction of sp³-hybridized carbons (Fsp3) is 0.250. The van der Waals surface area contributed by atoms with Crippen LogP contribution in [0.25, 0.3) is 0 Å². The van der Waals surface area contributed by atoms with E-state index in [0.29, 0.717) is 0 Å². The number of nitrogens with two attached hydrogens (primary N) is 1. The monoisotopic (exact) mass is 302 g/mol.